The summed E-state index contributed by atoms with van der Waals surface area (Å²) in [6, 6.07) is 8.83. The molecule has 1 unspecified atom stereocenters. The summed E-state index contributed by atoms with van der Waals surface area (Å²) in [5.74, 6) is -2.48. The highest BCUT2D eigenvalue weighted by atomic mass is 19.1. The van der Waals surface area contributed by atoms with Crippen molar-refractivity contribution in [1.29, 1.82) is 0 Å². The topological polar surface area (TPSA) is 29.1 Å². The lowest BCUT2D eigenvalue weighted by atomic mass is 10.0. The Balaban J connectivity index is 2.21. The Morgan fingerprint density at radius 2 is 1.67 bits per heavy atom. The van der Waals surface area contributed by atoms with Crippen molar-refractivity contribution in [3.8, 4) is 0 Å². The van der Waals surface area contributed by atoms with Crippen LogP contribution in [0, 0.1) is 25.5 Å². The van der Waals surface area contributed by atoms with Crippen molar-refractivity contribution >= 4 is 5.91 Å². The van der Waals surface area contributed by atoms with Crippen LogP contribution in [0.2, 0.25) is 0 Å². The molecule has 0 aliphatic rings. The van der Waals surface area contributed by atoms with E-state index in [0.29, 0.717) is 0 Å². The number of aryl methyl sites for hydroxylation is 2. The summed E-state index contributed by atoms with van der Waals surface area (Å²) >= 11 is 0. The smallest absolute Gasteiger partial charge is 0.257 e. The van der Waals surface area contributed by atoms with Crippen LogP contribution in [-0.2, 0) is 0 Å². The molecule has 2 nitrogen and oxygen atoms in total. The van der Waals surface area contributed by atoms with Crippen LogP contribution >= 0.6 is 0 Å². The van der Waals surface area contributed by atoms with Gasteiger partial charge in [-0.05, 0) is 49.6 Å². The van der Waals surface area contributed by atoms with E-state index < -0.39 is 23.1 Å². The second kappa shape index (κ2) is 6.04. The van der Waals surface area contributed by atoms with Gasteiger partial charge in [0.15, 0.2) is 0 Å². The number of hydrogen-bond acceptors (Lipinski definition) is 1. The fourth-order valence-electron chi connectivity index (χ4n) is 2.10. The van der Waals surface area contributed by atoms with Gasteiger partial charge in [0.1, 0.15) is 17.2 Å². The van der Waals surface area contributed by atoms with Gasteiger partial charge in [-0.15, -0.1) is 0 Å². The predicted octanol–water partition coefficient (Wildman–Crippen LogP) is 4.07. The van der Waals surface area contributed by atoms with Gasteiger partial charge in [0.05, 0.1) is 6.04 Å². The molecule has 1 amide bonds. The molecule has 2 aromatic rings. The molecule has 0 aliphatic heterocycles. The van der Waals surface area contributed by atoms with Crippen molar-refractivity contribution in [1.82, 2.24) is 5.32 Å². The third-order valence-electron chi connectivity index (χ3n) is 3.57. The molecule has 0 saturated heterocycles. The molecular weight excluding hydrogens is 272 g/mol. The molecule has 4 heteroatoms. The summed E-state index contributed by atoms with van der Waals surface area (Å²) in [6.45, 7) is 5.75. The van der Waals surface area contributed by atoms with Crippen molar-refractivity contribution in [2.45, 2.75) is 26.8 Å². The lowest BCUT2D eigenvalue weighted by molar-refractivity contribution is 0.0931. The Bertz CT molecular complexity index is 662. The quantitative estimate of drug-likeness (QED) is 0.906. The third-order valence-corrected chi connectivity index (χ3v) is 3.57. The van der Waals surface area contributed by atoms with E-state index in [1.807, 2.05) is 32.0 Å². The molecule has 0 bridgehead atoms. The van der Waals surface area contributed by atoms with E-state index >= 15 is 0 Å². The Hall–Kier alpha value is -2.23. The summed E-state index contributed by atoms with van der Waals surface area (Å²) in [5, 5.41) is 2.62. The van der Waals surface area contributed by atoms with Crippen LogP contribution in [-0.4, -0.2) is 5.91 Å². The highest BCUT2D eigenvalue weighted by Gasteiger charge is 2.19. The molecular formula is C17H17F2NO. The molecule has 0 saturated carbocycles. The average Bonchev–Trinajstić information content (AvgIpc) is 2.41. The van der Waals surface area contributed by atoms with Crippen molar-refractivity contribution in [3.63, 3.8) is 0 Å². The molecule has 0 spiro atoms. The number of hydrogen-bond donors (Lipinski definition) is 1. The van der Waals surface area contributed by atoms with Gasteiger partial charge in [0, 0.05) is 0 Å². The standard InChI is InChI=1S/C17H17F2NO/c1-10-7-8-13(9-11(10)2)12(3)20-17(21)16-14(18)5-4-6-15(16)19/h4-9,12H,1-3H3,(H,20,21). The minimum absolute atomic E-state index is 0.337. The Morgan fingerprint density at radius 3 is 2.24 bits per heavy atom. The van der Waals surface area contributed by atoms with Gasteiger partial charge < -0.3 is 5.32 Å². The first-order valence-electron chi connectivity index (χ1n) is 6.72. The summed E-state index contributed by atoms with van der Waals surface area (Å²) in [7, 11) is 0. The van der Waals surface area contributed by atoms with Gasteiger partial charge in [0.25, 0.3) is 5.91 Å². The maximum atomic E-state index is 13.6. The fourth-order valence-corrected chi connectivity index (χ4v) is 2.10. The molecule has 0 aromatic heterocycles. The highest BCUT2D eigenvalue weighted by molar-refractivity contribution is 5.95. The first-order valence-corrected chi connectivity index (χ1v) is 6.72. The minimum Gasteiger partial charge on any atom is -0.345 e. The van der Waals surface area contributed by atoms with Crippen LogP contribution in [0.5, 0.6) is 0 Å². The van der Waals surface area contributed by atoms with Gasteiger partial charge in [-0.25, -0.2) is 8.78 Å². The monoisotopic (exact) mass is 289 g/mol. The lowest BCUT2D eigenvalue weighted by Gasteiger charge is -2.16. The van der Waals surface area contributed by atoms with Crippen molar-refractivity contribution < 1.29 is 13.6 Å². The van der Waals surface area contributed by atoms with E-state index in [0.717, 1.165) is 28.8 Å². The number of carbonyl (C=O) groups is 1. The van der Waals surface area contributed by atoms with Crippen molar-refractivity contribution in [3.05, 3.63) is 70.3 Å². The summed E-state index contributed by atoms with van der Waals surface area (Å²) < 4.78 is 27.1. The van der Waals surface area contributed by atoms with Crippen LogP contribution in [0.15, 0.2) is 36.4 Å². The van der Waals surface area contributed by atoms with E-state index in [1.54, 1.807) is 6.92 Å². The minimum atomic E-state index is -0.861. The number of benzene rings is 2. The molecule has 0 aliphatic carbocycles. The number of rotatable bonds is 3. The molecule has 0 heterocycles. The highest BCUT2D eigenvalue weighted by Crippen LogP contribution is 2.18. The van der Waals surface area contributed by atoms with E-state index in [4.69, 9.17) is 0 Å². The van der Waals surface area contributed by atoms with Crippen molar-refractivity contribution in [2.24, 2.45) is 0 Å². The largest absolute Gasteiger partial charge is 0.345 e. The second-order valence-corrected chi connectivity index (χ2v) is 5.14. The maximum absolute atomic E-state index is 13.6. The summed E-state index contributed by atoms with van der Waals surface area (Å²) in [5.41, 5.74) is 2.60. The van der Waals surface area contributed by atoms with Crippen LogP contribution < -0.4 is 5.32 Å². The van der Waals surface area contributed by atoms with Gasteiger partial charge in [-0.3, -0.25) is 4.79 Å². The SMILES string of the molecule is Cc1ccc(C(C)NC(=O)c2c(F)cccc2F)cc1C. The summed E-state index contributed by atoms with van der Waals surface area (Å²) in [6.07, 6.45) is 0. The van der Waals surface area contributed by atoms with Gasteiger partial charge >= 0.3 is 0 Å². The Labute approximate surface area is 122 Å². The molecule has 0 radical (unpaired) electrons. The molecule has 0 fully saturated rings. The molecule has 110 valence electrons. The van der Waals surface area contributed by atoms with Gasteiger partial charge in [-0.1, -0.05) is 24.3 Å². The first-order chi connectivity index (χ1) is 9.90. The van der Waals surface area contributed by atoms with Crippen LogP contribution in [0.4, 0.5) is 8.78 Å². The van der Waals surface area contributed by atoms with Crippen LogP contribution in [0.25, 0.3) is 0 Å². The van der Waals surface area contributed by atoms with Crippen LogP contribution in [0.1, 0.15) is 40.0 Å². The molecule has 2 rings (SSSR count). The maximum Gasteiger partial charge on any atom is 0.257 e. The number of halogens is 2. The Kier molecular flexibility index (Phi) is 4.36. The molecule has 1 atom stereocenters. The average molecular weight is 289 g/mol. The molecule has 1 N–H and O–H groups in total. The number of amides is 1. The normalized spacial score (nSPS) is 12.0. The van der Waals surface area contributed by atoms with Gasteiger partial charge in [0.2, 0.25) is 0 Å². The number of nitrogens with one attached hydrogen (secondary N) is 1. The van der Waals surface area contributed by atoms with Crippen molar-refractivity contribution in [2.75, 3.05) is 0 Å². The van der Waals surface area contributed by atoms with E-state index in [1.165, 1.54) is 6.07 Å². The van der Waals surface area contributed by atoms with E-state index in [2.05, 4.69) is 5.32 Å². The zero-order chi connectivity index (χ0) is 15.6. The fraction of sp³-hybridized carbons (Fsp3) is 0.235. The van der Waals surface area contributed by atoms with E-state index in [-0.39, 0.29) is 6.04 Å². The predicted molar refractivity (Wildman–Crippen MR) is 78.2 cm³/mol. The van der Waals surface area contributed by atoms with Crippen LogP contribution in [0.3, 0.4) is 0 Å². The first kappa shape index (κ1) is 15.2. The van der Waals surface area contributed by atoms with E-state index in [9.17, 15) is 13.6 Å². The Morgan fingerprint density at radius 1 is 1.05 bits per heavy atom. The summed E-state index contributed by atoms with van der Waals surface area (Å²) in [4.78, 5) is 12.0. The molecule has 21 heavy (non-hydrogen) atoms. The third kappa shape index (κ3) is 3.27. The second-order valence-electron chi connectivity index (χ2n) is 5.14. The zero-order valence-corrected chi connectivity index (χ0v) is 12.2. The zero-order valence-electron chi connectivity index (χ0n) is 12.2. The molecule has 2 aromatic carbocycles. The van der Waals surface area contributed by atoms with Gasteiger partial charge in [-0.2, -0.15) is 0 Å². The lowest BCUT2D eigenvalue weighted by Crippen LogP contribution is -2.28. The number of carbonyl (C=O) groups excluding carboxylic acids is 1.